The van der Waals surface area contributed by atoms with Gasteiger partial charge in [-0.1, -0.05) is 40.9 Å². The van der Waals surface area contributed by atoms with Crippen LogP contribution in [0, 0.1) is 6.92 Å². The summed E-state index contributed by atoms with van der Waals surface area (Å²) < 4.78 is 93.4. The molecule has 0 heterocycles. The van der Waals surface area contributed by atoms with Gasteiger partial charge < -0.3 is 10.6 Å². The fourth-order valence-electron chi connectivity index (χ4n) is 3.61. The molecule has 4 nitrogen and oxygen atoms in total. The van der Waals surface area contributed by atoms with Crippen molar-refractivity contribution in [3.8, 4) is 0 Å². The lowest BCUT2D eigenvalue weighted by Gasteiger charge is -2.19. The molecule has 38 heavy (non-hydrogen) atoms. The van der Waals surface area contributed by atoms with Crippen molar-refractivity contribution in [3.63, 3.8) is 0 Å². The lowest BCUT2D eigenvalue weighted by atomic mass is 9.95. The maximum atomic E-state index is 15.0. The molecule has 14 heteroatoms. The molecule has 0 radical (unpaired) electrons. The van der Waals surface area contributed by atoms with Crippen molar-refractivity contribution in [1.82, 2.24) is 10.6 Å². The Kier molecular flexibility index (Phi) is 8.65. The van der Waals surface area contributed by atoms with E-state index in [4.69, 9.17) is 34.8 Å². The van der Waals surface area contributed by atoms with Gasteiger partial charge in [-0.05, 0) is 61.2 Å². The van der Waals surface area contributed by atoms with Crippen LogP contribution in [-0.2, 0) is 4.79 Å². The number of nitrogens with one attached hydrogen (secondary N) is 2. The van der Waals surface area contributed by atoms with Gasteiger partial charge in [0.15, 0.2) is 0 Å². The topological polar surface area (TPSA) is 58.2 Å². The van der Waals surface area contributed by atoms with E-state index in [-0.39, 0.29) is 44.6 Å². The van der Waals surface area contributed by atoms with E-state index >= 15 is 0 Å². The van der Waals surface area contributed by atoms with Crippen LogP contribution in [0.2, 0.25) is 15.1 Å². The van der Waals surface area contributed by atoms with Gasteiger partial charge in [0.1, 0.15) is 23.8 Å². The van der Waals surface area contributed by atoms with E-state index in [1.807, 2.05) is 0 Å². The largest absolute Gasteiger partial charge is 0.405 e. The van der Waals surface area contributed by atoms with Crippen molar-refractivity contribution in [2.45, 2.75) is 43.6 Å². The van der Waals surface area contributed by atoms with Gasteiger partial charge in [-0.3, -0.25) is 9.59 Å². The highest BCUT2D eigenvalue weighted by molar-refractivity contribution is 6.48. The van der Waals surface area contributed by atoms with Gasteiger partial charge in [0, 0.05) is 11.1 Å². The van der Waals surface area contributed by atoms with E-state index in [2.05, 4.69) is 5.32 Å². The highest BCUT2D eigenvalue weighted by Gasteiger charge is 2.52. The lowest BCUT2D eigenvalue weighted by Crippen LogP contribution is -2.50. The van der Waals surface area contributed by atoms with Gasteiger partial charge in [0.2, 0.25) is 5.91 Å². The smallest absolute Gasteiger partial charge is 0.345 e. The summed E-state index contributed by atoms with van der Waals surface area (Å²) in [5.74, 6) is -5.48. The molecule has 1 aliphatic carbocycles. The van der Waals surface area contributed by atoms with Crippen molar-refractivity contribution in [2.24, 2.45) is 0 Å². The Morgan fingerprint density at radius 1 is 1.03 bits per heavy atom. The first-order chi connectivity index (χ1) is 17.4. The Bertz CT molecular complexity index is 1270. The van der Waals surface area contributed by atoms with Gasteiger partial charge in [0.25, 0.3) is 5.91 Å². The minimum absolute atomic E-state index is 0.0416. The summed E-state index contributed by atoms with van der Waals surface area (Å²) in [7, 11) is 0. The van der Waals surface area contributed by atoms with E-state index in [9.17, 15) is 40.3 Å². The number of aryl methyl sites for hydroxylation is 1. The van der Waals surface area contributed by atoms with Crippen molar-refractivity contribution in [1.29, 1.82) is 0 Å². The molecular weight excluding hydrogens is 588 g/mol. The van der Waals surface area contributed by atoms with E-state index in [0.717, 1.165) is 30.3 Å². The first-order valence-corrected chi connectivity index (χ1v) is 11.9. The van der Waals surface area contributed by atoms with Gasteiger partial charge >= 0.3 is 12.4 Å². The van der Waals surface area contributed by atoms with Crippen LogP contribution in [0.4, 0.5) is 30.7 Å². The molecule has 0 spiro atoms. The van der Waals surface area contributed by atoms with E-state index < -0.39 is 53.6 Å². The van der Waals surface area contributed by atoms with Crippen LogP contribution in [0.25, 0.3) is 5.83 Å². The summed E-state index contributed by atoms with van der Waals surface area (Å²) in [6.07, 6.45) is -8.98. The van der Waals surface area contributed by atoms with Crippen molar-refractivity contribution in [2.75, 3.05) is 6.54 Å². The zero-order valence-electron chi connectivity index (χ0n) is 19.3. The van der Waals surface area contributed by atoms with E-state index in [1.165, 1.54) is 6.92 Å². The number of rotatable bonds is 7. The number of allylic oxidation sites excluding steroid dienone is 1. The van der Waals surface area contributed by atoms with Crippen LogP contribution in [0.15, 0.2) is 36.4 Å². The number of hydrogen-bond donors (Lipinski definition) is 2. The Morgan fingerprint density at radius 2 is 1.61 bits per heavy atom. The van der Waals surface area contributed by atoms with Gasteiger partial charge in [-0.15, -0.1) is 0 Å². The predicted molar refractivity (Wildman–Crippen MR) is 129 cm³/mol. The molecule has 0 aliphatic heterocycles. The second kappa shape index (κ2) is 10.9. The molecule has 1 aliphatic rings. The van der Waals surface area contributed by atoms with Crippen molar-refractivity contribution >= 4 is 52.4 Å². The molecule has 3 rings (SSSR count). The Hall–Kier alpha value is -2.50. The third-order valence-corrected chi connectivity index (χ3v) is 6.96. The molecule has 1 fully saturated rings. The zero-order chi connectivity index (χ0) is 28.6. The molecule has 0 aromatic heterocycles. The van der Waals surface area contributed by atoms with Crippen LogP contribution in [-0.4, -0.2) is 36.3 Å². The molecular formula is C24H18Cl3F7N2O2. The summed E-state index contributed by atoms with van der Waals surface area (Å²) >= 11 is 17.4. The third-order valence-electron chi connectivity index (χ3n) is 5.76. The Labute approximate surface area is 227 Å². The third kappa shape index (κ3) is 7.12. The van der Waals surface area contributed by atoms with E-state index in [0.29, 0.717) is 6.08 Å². The summed E-state index contributed by atoms with van der Waals surface area (Å²) in [5, 5.41) is 3.46. The Morgan fingerprint density at radius 3 is 2.08 bits per heavy atom. The molecule has 2 amide bonds. The monoisotopic (exact) mass is 604 g/mol. The molecule has 1 atom stereocenters. The molecule has 0 bridgehead atoms. The minimum Gasteiger partial charge on any atom is -0.345 e. The van der Waals surface area contributed by atoms with Crippen LogP contribution in [0.5, 0.6) is 0 Å². The summed E-state index contributed by atoms with van der Waals surface area (Å²) in [6, 6.07) is 5.17. The molecule has 2 aromatic carbocycles. The first kappa shape index (κ1) is 30.0. The molecule has 2 N–H and O–H groups in total. The van der Waals surface area contributed by atoms with Gasteiger partial charge in [-0.2, -0.15) is 26.3 Å². The van der Waals surface area contributed by atoms with Crippen LogP contribution in [0.3, 0.4) is 0 Å². The summed E-state index contributed by atoms with van der Waals surface area (Å²) in [6.45, 7) is -0.175. The fraction of sp³-hybridized carbons (Fsp3) is 0.333. The van der Waals surface area contributed by atoms with Crippen LogP contribution in [0.1, 0.15) is 45.8 Å². The molecule has 206 valence electrons. The number of halogens is 10. The van der Waals surface area contributed by atoms with Crippen molar-refractivity contribution in [3.05, 3.63) is 73.7 Å². The molecule has 0 saturated heterocycles. The highest BCUT2D eigenvalue weighted by Crippen LogP contribution is 2.42. The maximum Gasteiger partial charge on any atom is 0.405 e. The fourth-order valence-corrected chi connectivity index (χ4v) is 4.23. The normalized spacial score (nSPS) is 16.1. The highest BCUT2D eigenvalue weighted by atomic mass is 35.5. The molecule has 1 unspecified atom stereocenters. The zero-order valence-corrected chi connectivity index (χ0v) is 21.5. The average Bonchev–Trinajstić information content (AvgIpc) is 3.58. The number of hydrogen-bond acceptors (Lipinski definition) is 2. The second-order valence-electron chi connectivity index (χ2n) is 8.70. The summed E-state index contributed by atoms with van der Waals surface area (Å²) in [4.78, 5) is 24.8. The average molecular weight is 606 g/mol. The van der Waals surface area contributed by atoms with Gasteiger partial charge in [0.05, 0.1) is 15.1 Å². The number of benzene rings is 2. The second-order valence-corrected chi connectivity index (χ2v) is 9.89. The standard InChI is InChI=1S/C24H18Cl3F7N2O2/c1-11-6-12(18(28)9-15(24(32,33)34)13-7-16(25)19(27)17(26)8-13)2-3-14(11)20(37)36-22(4-5-22)21(38)35-10-23(29,30)31/h2-3,6-9,15H,4-5,10H2,1H3,(H,35,38)(H,36,37). The van der Waals surface area contributed by atoms with Crippen molar-refractivity contribution < 1.29 is 40.3 Å². The summed E-state index contributed by atoms with van der Waals surface area (Å²) in [5.41, 5.74) is -2.11. The quantitative estimate of drug-likeness (QED) is 0.253. The first-order valence-electron chi connectivity index (χ1n) is 10.8. The van der Waals surface area contributed by atoms with Crippen LogP contribution < -0.4 is 10.6 Å². The molecule has 1 saturated carbocycles. The van der Waals surface area contributed by atoms with Crippen LogP contribution >= 0.6 is 34.8 Å². The lowest BCUT2D eigenvalue weighted by molar-refractivity contribution is -0.140. The molecule has 2 aromatic rings. The number of alkyl halides is 6. The van der Waals surface area contributed by atoms with E-state index in [1.54, 1.807) is 5.32 Å². The predicted octanol–water partition coefficient (Wildman–Crippen LogP) is 7.55. The number of carbonyl (C=O) groups is 2. The minimum atomic E-state index is -4.92. The van der Waals surface area contributed by atoms with Gasteiger partial charge in [-0.25, -0.2) is 4.39 Å². The maximum absolute atomic E-state index is 15.0. The SMILES string of the molecule is Cc1cc(C(F)=CC(c2cc(Cl)c(Cl)c(Cl)c2)C(F)(F)F)ccc1C(=O)NC1(C(=O)NCC(F)(F)F)CC1. The Balaban J connectivity index is 1.82. The number of carbonyl (C=O) groups excluding carboxylic acids is 2. The number of amides is 2.